The number of benzene rings is 5. The Morgan fingerprint density at radius 1 is 0.441 bits per heavy atom. The van der Waals surface area contributed by atoms with Crippen LogP contribution in [-0.2, 0) is 0 Å². The third-order valence-corrected chi connectivity index (χ3v) is 20.1. The molecule has 0 unspecified atom stereocenters. The molecular weight excluding hydrogens is 1370 g/mol. The van der Waals surface area contributed by atoms with E-state index in [1.54, 1.807) is 101 Å². The quantitative estimate of drug-likeness (QED) is 0.0934. The van der Waals surface area contributed by atoms with Gasteiger partial charge in [-0.1, -0.05) is 150 Å². The van der Waals surface area contributed by atoms with E-state index in [1.807, 2.05) is 81.4 Å². The van der Waals surface area contributed by atoms with Crippen LogP contribution in [0.25, 0.3) is 48.8 Å². The first-order valence-corrected chi connectivity index (χ1v) is 34.2. The second-order valence-electron chi connectivity index (χ2n) is 22.2. The Morgan fingerprint density at radius 3 is 1.04 bits per heavy atom. The van der Waals surface area contributed by atoms with E-state index < -0.39 is 0 Å². The molecule has 1 aliphatic rings. The molecule has 6 heterocycles. The lowest BCUT2D eigenvalue weighted by Gasteiger charge is -2.28. The molecular formula is C69H60Cl6F3N9O3S3. The fraction of sp³-hybridized carbons (Fsp3) is 0.217. The molecule has 1 aliphatic carbocycles. The molecule has 12 nitrogen and oxygen atoms in total. The Kier molecular flexibility index (Phi) is 22.5. The van der Waals surface area contributed by atoms with Crippen LogP contribution < -0.4 is 16.0 Å². The lowest BCUT2D eigenvalue weighted by Crippen LogP contribution is -2.39. The molecule has 3 N–H and O–H groups in total. The molecule has 0 spiro atoms. The highest BCUT2D eigenvalue weighted by Gasteiger charge is 2.30. The third kappa shape index (κ3) is 16.0. The first kappa shape index (κ1) is 68.6. The minimum Gasteiger partial charge on any atom is -0.348 e. The zero-order valence-corrected chi connectivity index (χ0v) is 57.8. The summed E-state index contributed by atoms with van der Waals surface area (Å²) in [4.78, 5) is 41.4. The van der Waals surface area contributed by atoms with Crippen molar-refractivity contribution in [1.29, 1.82) is 0 Å². The zero-order chi connectivity index (χ0) is 66.4. The van der Waals surface area contributed by atoms with Gasteiger partial charge in [-0.15, -0.1) is 34.0 Å². The lowest BCUT2D eigenvalue weighted by atomic mass is 9.84. The molecule has 480 valence electrons. The van der Waals surface area contributed by atoms with Crippen molar-refractivity contribution in [3.8, 4) is 48.8 Å². The van der Waals surface area contributed by atoms with E-state index in [1.165, 1.54) is 37.5 Å². The summed E-state index contributed by atoms with van der Waals surface area (Å²) in [5.41, 5.74) is 8.26. The highest BCUT2D eigenvalue weighted by Crippen LogP contribution is 2.40. The highest BCUT2D eigenvalue weighted by molar-refractivity contribution is 7.14. The normalized spacial score (nSPS) is 13.3. The average molecular weight is 1430 g/mol. The van der Waals surface area contributed by atoms with Gasteiger partial charge in [-0.3, -0.25) is 14.4 Å². The van der Waals surface area contributed by atoms with E-state index in [0.717, 1.165) is 58.0 Å². The second-order valence-corrected chi connectivity index (χ2v) is 27.8. The molecule has 0 radical (unpaired) electrons. The summed E-state index contributed by atoms with van der Waals surface area (Å²) >= 11 is 40.4. The molecule has 93 heavy (non-hydrogen) atoms. The summed E-state index contributed by atoms with van der Waals surface area (Å²) in [5, 5.41) is 24.5. The number of rotatable bonds is 15. The predicted molar refractivity (Wildman–Crippen MR) is 373 cm³/mol. The van der Waals surface area contributed by atoms with Crippen LogP contribution >= 0.6 is 104 Å². The van der Waals surface area contributed by atoms with Gasteiger partial charge in [-0.2, -0.15) is 28.5 Å². The summed E-state index contributed by atoms with van der Waals surface area (Å²) in [6, 6.07) is 43.3. The van der Waals surface area contributed by atoms with Crippen LogP contribution in [-0.4, -0.2) is 53.1 Å². The number of carbonyl (C=O) groups excluding carboxylic acids is 3. The second kappa shape index (κ2) is 30.5. The van der Waals surface area contributed by atoms with Crippen molar-refractivity contribution in [3.05, 3.63) is 242 Å². The molecule has 11 aromatic rings. The van der Waals surface area contributed by atoms with Crippen molar-refractivity contribution >= 4 is 121 Å². The van der Waals surface area contributed by atoms with E-state index in [4.69, 9.17) is 69.6 Å². The molecule has 3 atom stereocenters. The molecule has 0 saturated heterocycles. The molecule has 1 saturated carbocycles. The molecule has 5 aromatic carbocycles. The van der Waals surface area contributed by atoms with Gasteiger partial charge in [0.05, 0.1) is 75.9 Å². The predicted octanol–water partition coefficient (Wildman–Crippen LogP) is 20.7. The monoisotopic (exact) mass is 1430 g/mol. The van der Waals surface area contributed by atoms with Crippen LogP contribution in [0.3, 0.4) is 0 Å². The van der Waals surface area contributed by atoms with E-state index in [9.17, 15) is 27.6 Å². The van der Waals surface area contributed by atoms with Crippen LogP contribution in [0, 0.1) is 42.1 Å². The first-order valence-electron chi connectivity index (χ1n) is 29.5. The Morgan fingerprint density at radius 2 is 0.753 bits per heavy atom. The number of thiophene rings is 3. The van der Waals surface area contributed by atoms with Crippen molar-refractivity contribution < 1.29 is 27.6 Å². The van der Waals surface area contributed by atoms with Crippen molar-refractivity contribution in [2.45, 2.75) is 91.8 Å². The number of hydrogen-bond acceptors (Lipinski definition) is 9. The number of amides is 3. The van der Waals surface area contributed by atoms with Crippen LogP contribution in [0.2, 0.25) is 30.1 Å². The minimum atomic E-state index is -0.326. The van der Waals surface area contributed by atoms with Crippen LogP contribution in [0.4, 0.5) is 13.2 Å². The first-order chi connectivity index (χ1) is 44.5. The number of nitrogens with one attached hydrogen (secondary N) is 3. The molecule has 6 aromatic heterocycles. The molecule has 12 rings (SSSR count). The molecule has 0 aliphatic heterocycles. The summed E-state index contributed by atoms with van der Waals surface area (Å²) in [6.45, 7) is 11.3. The van der Waals surface area contributed by atoms with Gasteiger partial charge >= 0.3 is 0 Å². The zero-order valence-electron chi connectivity index (χ0n) is 50.8. The van der Waals surface area contributed by atoms with Gasteiger partial charge in [0.25, 0.3) is 17.7 Å². The topological polar surface area (TPSA) is 141 Å². The van der Waals surface area contributed by atoms with Crippen LogP contribution in [0.5, 0.6) is 0 Å². The van der Waals surface area contributed by atoms with Crippen LogP contribution in [0.15, 0.2) is 152 Å². The van der Waals surface area contributed by atoms with Gasteiger partial charge in [0.2, 0.25) is 0 Å². The Hall–Kier alpha value is -7.23. The van der Waals surface area contributed by atoms with E-state index in [0.29, 0.717) is 107 Å². The van der Waals surface area contributed by atoms with Gasteiger partial charge < -0.3 is 16.0 Å². The maximum absolute atomic E-state index is 13.8. The largest absolute Gasteiger partial charge is 0.348 e. The molecule has 3 amide bonds. The molecule has 24 heteroatoms. The smallest absolute Gasteiger partial charge is 0.272 e. The fourth-order valence-corrected chi connectivity index (χ4v) is 14.9. The number of aromatic nitrogens is 6. The Balaban J connectivity index is 0.000000153. The number of hydrogen-bond donors (Lipinski definition) is 3. The summed E-state index contributed by atoms with van der Waals surface area (Å²) in [5.74, 6) is -0.388. The van der Waals surface area contributed by atoms with Gasteiger partial charge in [-0.05, 0) is 162 Å². The number of halogens is 9. The van der Waals surface area contributed by atoms with E-state index in [2.05, 4.69) is 38.2 Å². The van der Waals surface area contributed by atoms with Gasteiger partial charge in [0.15, 0.2) is 32.5 Å². The number of carbonyl (C=O) groups is 3. The van der Waals surface area contributed by atoms with Crippen molar-refractivity contribution in [2.75, 3.05) is 0 Å². The maximum Gasteiger partial charge on any atom is 0.272 e. The van der Waals surface area contributed by atoms with Gasteiger partial charge in [0.1, 0.15) is 0 Å². The summed E-state index contributed by atoms with van der Waals surface area (Å²) in [6.07, 6.45) is 5.95. The van der Waals surface area contributed by atoms with Crippen LogP contribution in [0.1, 0.15) is 124 Å². The van der Waals surface area contributed by atoms with E-state index >= 15 is 0 Å². The van der Waals surface area contributed by atoms with Gasteiger partial charge in [0, 0.05) is 37.8 Å². The van der Waals surface area contributed by atoms with Crippen molar-refractivity contribution in [3.63, 3.8) is 0 Å². The molecule has 0 bridgehead atoms. The molecule has 1 fully saturated rings. The fourth-order valence-electron chi connectivity index (χ4n) is 11.0. The van der Waals surface area contributed by atoms with Gasteiger partial charge in [-0.25, -0.2) is 14.0 Å². The van der Waals surface area contributed by atoms with E-state index in [-0.39, 0.29) is 62.6 Å². The van der Waals surface area contributed by atoms with Crippen molar-refractivity contribution in [1.82, 2.24) is 45.3 Å². The number of nitrogens with zero attached hydrogens (tertiary/aromatic N) is 6. The average Bonchev–Trinajstić information content (AvgIpc) is 1.65. The highest BCUT2D eigenvalue weighted by atomic mass is 35.5. The summed E-state index contributed by atoms with van der Waals surface area (Å²) < 4.78 is 46.2. The maximum atomic E-state index is 13.8. The Labute approximate surface area is 578 Å². The Bertz CT molecular complexity index is 4310. The lowest BCUT2D eigenvalue weighted by molar-refractivity contribution is 0.0909. The minimum absolute atomic E-state index is 0.0686. The summed E-state index contributed by atoms with van der Waals surface area (Å²) in [7, 11) is 0. The van der Waals surface area contributed by atoms with Crippen molar-refractivity contribution in [2.24, 2.45) is 5.92 Å². The standard InChI is InChI=1S/C23H24Cl2FN3OS.2C23H18Cl2FN3OS/c3*1-13-21(23(30)27-14(2)15-6-4-3-5-7-15)28-29(18-9-8-16(24)12-17(18)25)22(13)19-10-11-20(26)31-19/h8-12,14-15H,3-7H2,1-2H3,(H,27,30);2*3-12,14H,1-2H3,(H,27,30)/t3*14-/m010/s1. The SMILES string of the molecule is Cc1c(C(=O)N[C@@H](C)C2CCCCC2)nn(-c2ccc(Cl)cc2Cl)c1-c1ccc(F)s1.Cc1c(C(=O)N[C@@H](C)c2ccccc2)nn(-c2ccc(Cl)cc2Cl)c1-c1ccc(F)s1.Cc1c(C(=O)N[C@H](C)c2ccccc2)nn(-c2ccc(Cl)cc2Cl)c1-c1ccc(F)s1. The third-order valence-electron chi connectivity index (χ3n) is 15.9.